The van der Waals surface area contributed by atoms with Gasteiger partial charge in [-0.3, -0.25) is 9.59 Å². The summed E-state index contributed by atoms with van der Waals surface area (Å²) < 4.78 is 1.84. The molecule has 21 heavy (non-hydrogen) atoms. The van der Waals surface area contributed by atoms with Crippen molar-refractivity contribution < 1.29 is 9.59 Å². The van der Waals surface area contributed by atoms with Crippen LogP contribution in [0.5, 0.6) is 0 Å². The van der Waals surface area contributed by atoms with Crippen molar-refractivity contribution in [3.8, 4) is 0 Å². The van der Waals surface area contributed by atoms with Gasteiger partial charge in [0.15, 0.2) is 0 Å². The van der Waals surface area contributed by atoms with Crippen molar-refractivity contribution in [2.24, 2.45) is 5.92 Å². The molecule has 6 nitrogen and oxygen atoms in total. The average molecular weight is 286 g/mol. The average Bonchev–Trinajstić information content (AvgIpc) is 2.97. The fourth-order valence-electron chi connectivity index (χ4n) is 2.75. The fraction of sp³-hybridized carbons (Fsp3) is 0.400. The van der Waals surface area contributed by atoms with E-state index in [0.29, 0.717) is 31.6 Å². The maximum atomic E-state index is 12.5. The van der Waals surface area contributed by atoms with Crippen LogP contribution in [-0.4, -0.2) is 46.2 Å². The minimum atomic E-state index is -0.0611. The molecule has 0 bridgehead atoms. The van der Waals surface area contributed by atoms with E-state index in [1.807, 2.05) is 28.8 Å². The van der Waals surface area contributed by atoms with E-state index in [1.165, 1.54) is 0 Å². The molecule has 2 aromatic heterocycles. The first-order chi connectivity index (χ1) is 10.2. The minimum Gasteiger partial charge on any atom is -0.359 e. The highest BCUT2D eigenvalue weighted by molar-refractivity contribution is 5.93. The van der Waals surface area contributed by atoms with Crippen molar-refractivity contribution >= 4 is 17.5 Å². The summed E-state index contributed by atoms with van der Waals surface area (Å²) in [6.45, 7) is 1.20. The Morgan fingerprint density at radius 2 is 2.05 bits per heavy atom. The predicted molar refractivity (Wildman–Crippen MR) is 77.9 cm³/mol. The molecule has 0 aliphatic carbocycles. The van der Waals surface area contributed by atoms with Crippen LogP contribution in [0.3, 0.4) is 0 Å². The molecule has 110 valence electrons. The van der Waals surface area contributed by atoms with Crippen LogP contribution in [0.1, 0.15) is 23.3 Å². The Hall–Kier alpha value is -2.37. The van der Waals surface area contributed by atoms with Crippen LogP contribution < -0.4 is 5.32 Å². The number of carbonyl (C=O) groups is 2. The van der Waals surface area contributed by atoms with Gasteiger partial charge < -0.3 is 14.6 Å². The molecule has 0 aromatic carbocycles. The number of carbonyl (C=O) groups excluding carboxylic acids is 2. The first-order valence-electron chi connectivity index (χ1n) is 7.13. The number of likely N-dealkylation sites (tertiary alicyclic amines) is 1. The largest absolute Gasteiger partial charge is 0.359 e. The second-order valence-corrected chi connectivity index (χ2v) is 5.27. The molecule has 6 heteroatoms. The lowest BCUT2D eigenvalue weighted by atomic mass is 9.96. The molecule has 3 heterocycles. The van der Waals surface area contributed by atoms with E-state index < -0.39 is 0 Å². The van der Waals surface area contributed by atoms with E-state index in [-0.39, 0.29) is 17.7 Å². The zero-order valence-corrected chi connectivity index (χ0v) is 12.0. The smallest absolute Gasteiger partial charge is 0.274 e. The maximum absolute atomic E-state index is 12.5. The SMILES string of the molecule is CNC(=O)C1CCN(C(=O)c2cn3ccccc3n2)CC1. The van der Waals surface area contributed by atoms with E-state index >= 15 is 0 Å². The van der Waals surface area contributed by atoms with Gasteiger partial charge in [-0.25, -0.2) is 4.98 Å². The zero-order chi connectivity index (χ0) is 14.8. The molecule has 1 fully saturated rings. The standard InChI is InChI=1S/C15H18N4O2/c1-16-14(20)11-5-8-18(9-6-11)15(21)12-10-19-7-3-2-4-13(19)17-12/h2-4,7,10-11H,5-6,8-9H2,1H3,(H,16,20). The molecule has 0 saturated carbocycles. The Kier molecular flexibility index (Phi) is 3.60. The fourth-order valence-corrected chi connectivity index (χ4v) is 2.75. The van der Waals surface area contributed by atoms with Gasteiger partial charge in [-0.1, -0.05) is 6.07 Å². The van der Waals surface area contributed by atoms with E-state index in [9.17, 15) is 9.59 Å². The Labute approximate surface area is 122 Å². The Morgan fingerprint density at radius 1 is 1.29 bits per heavy atom. The van der Waals surface area contributed by atoms with Gasteiger partial charge in [0.25, 0.3) is 5.91 Å². The van der Waals surface area contributed by atoms with Crippen LogP contribution in [0.4, 0.5) is 0 Å². The number of nitrogens with zero attached hydrogens (tertiary/aromatic N) is 3. The molecule has 2 amide bonds. The number of pyridine rings is 1. The van der Waals surface area contributed by atoms with E-state index in [0.717, 1.165) is 5.65 Å². The monoisotopic (exact) mass is 286 g/mol. The minimum absolute atomic E-state index is 0.0140. The third kappa shape index (κ3) is 2.61. The van der Waals surface area contributed by atoms with Gasteiger partial charge in [-0.05, 0) is 25.0 Å². The van der Waals surface area contributed by atoms with Crippen LogP contribution >= 0.6 is 0 Å². The molecule has 1 aliphatic heterocycles. The maximum Gasteiger partial charge on any atom is 0.274 e. The van der Waals surface area contributed by atoms with Crippen molar-refractivity contribution in [3.05, 3.63) is 36.3 Å². The molecule has 1 N–H and O–H groups in total. The first-order valence-corrected chi connectivity index (χ1v) is 7.13. The first kappa shape index (κ1) is 13.6. The molecule has 0 radical (unpaired) electrons. The highest BCUT2D eigenvalue weighted by Crippen LogP contribution is 2.19. The summed E-state index contributed by atoms with van der Waals surface area (Å²) in [4.78, 5) is 30.2. The normalized spacial score (nSPS) is 16.1. The van der Waals surface area contributed by atoms with Gasteiger partial charge >= 0.3 is 0 Å². The Morgan fingerprint density at radius 3 is 2.71 bits per heavy atom. The van der Waals surface area contributed by atoms with Crippen LogP contribution in [0.25, 0.3) is 5.65 Å². The topological polar surface area (TPSA) is 66.7 Å². The summed E-state index contributed by atoms with van der Waals surface area (Å²) in [5, 5.41) is 2.67. The second-order valence-electron chi connectivity index (χ2n) is 5.27. The molecule has 1 saturated heterocycles. The highest BCUT2D eigenvalue weighted by atomic mass is 16.2. The lowest BCUT2D eigenvalue weighted by Crippen LogP contribution is -2.42. The van der Waals surface area contributed by atoms with E-state index in [4.69, 9.17) is 0 Å². The number of hydrogen-bond acceptors (Lipinski definition) is 3. The van der Waals surface area contributed by atoms with Gasteiger partial charge in [0.2, 0.25) is 5.91 Å². The quantitative estimate of drug-likeness (QED) is 0.893. The van der Waals surface area contributed by atoms with Crippen LogP contribution in [0.2, 0.25) is 0 Å². The molecule has 0 unspecified atom stereocenters. The summed E-state index contributed by atoms with van der Waals surface area (Å²) in [6.07, 6.45) is 5.04. The molecular formula is C15H18N4O2. The second kappa shape index (κ2) is 5.55. The summed E-state index contributed by atoms with van der Waals surface area (Å²) in [7, 11) is 1.65. The van der Waals surface area contributed by atoms with E-state index in [2.05, 4.69) is 10.3 Å². The van der Waals surface area contributed by atoms with Gasteiger partial charge in [0.1, 0.15) is 11.3 Å². The van der Waals surface area contributed by atoms with Gasteiger partial charge in [-0.15, -0.1) is 0 Å². The number of imidazole rings is 1. The number of aromatic nitrogens is 2. The Bertz CT molecular complexity index is 638. The number of rotatable bonds is 2. The van der Waals surface area contributed by atoms with Gasteiger partial charge in [-0.2, -0.15) is 0 Å². The molecular weight excluding hydrogens is 268 g/mol. The predicted octanol–water partition coefficient (Wildman–Crippen LogP) is 0.932. The number of nitrogens with one attached hydrogen (secondary N) is 1. The molecule has 0 atom stereocenters. The van der Waals surface area contributed by atoms with Gasteiger partial charge in [0, 0.05) is 38.4 Å². The van der Waals surface area contributed by atoms with Crippen molar-refractivity contribution in [1.82, 2.24) is 19.6 Å². The van der Waals surface area contributed by atoms with Gasteiger partial charge in [0.05, 0.1) is 0 Å². The molecule has 3 rings (SSSR count). The Balaban J connectivity index is 1.70. The van der Waals surface area contributed by atoms with E-state index in [1.54, 1.807) is 18.1 Å². The van der Waals surface area contributed by atoms with Crippen molar-refractivity contribution in [2.75, 3.05) is 20.1 Å². The van der Waals surface area contributed by atoms with Crippen molar-refractivity contribution in [1.29, 1.82) is 0 Å². The van der Waals surface area contributed by atoms with Crippen LogP contribution in [0, 0.1) is 5.92 Å². The number of piperidine rings is 1. The number of amides is 2. The summed E-state index contributed by atoms with van der Waals surface area (Å²) >= 11 is 0. The third-order valence-electron chi connectivity index (χ3n) is 3.98. The van der Waals surface area contributed by atoms with Crippen LogP contribution in [0.15, 0.2) is 30.6 Å². The molecule has 2 aromatic rings. The number of hydrogen-bond donors (Lipinski definition) is 1. The summed E-state index contributed by atoms with van der Waals surface area (Å²) in [5.41, 5.74) is 1.22. The number of fused-ring (bicyclic) bond motifs is 1. The van der Waals surface area contributed by atoms with Crippen molar-refractivity contribution in [3.63, 3.8) is 0 Å². The van der Waals surface area contributed by atoms with Crippen molar-refractivity contribution in [2.45, 2.75) is 12.8 Å². The third-order valence-corrected chi connectivity index (χ3v) is 3.98. The highest BCUT2D eigenvalue weighted by Gasteiger charge is 2.28. The van der Waals surface area contributed by atoms with Crippen LogP contribution in [-0.2, 0) is 4.79 Å². The molecule has 0 spiro atoms. The lowest BCUT2D eigenvalue weighted by Gasteiger charge is -2.30. The molecule has 1 aliphatic rings. The zero-order valence-electron chi connectivity index (χ0n) is 12.0. The summed E-state index contributed by atoms with van der Waals surface area (Å²) in [6, 6.07) is 5.66. The summed E-state index contributed by atoms with van der Waals surface area (Å²) in [5.74, 6) is 0.0176. The lowest BCUT2D eigenvalue weighted by molar-refractivity contribution is -0.125.